The minimum Gasteiger partial charge on any atom is -0.369 e. The standard InChI is InChI=1S/C11H21NO.C10H18N2O2.3C10H19NO.C9H17NO.C8H14FNO.C8H15NO/c1-9-5-7-12(8-6-9)10(13)11(2,3)4;1-10(2,3)9(14)12-5-4-7(6-12)8(11)13;1-8-5-6-11(7-8)9(12)10(2,3)4;2*1-10(2,3)9(12)11-7-5-4-6-8-11;1-9(2,3)8(11)10-6-4-5-7-10;1-8(2,3)7(11)10-4-6(9)5-10;1-8(2,3)7(10)9-5-4-6-9/h9H,5-8H2,1-4H3;7H,4-6H2,1-3H3,(H2,11,13);8H,5-7H2,1-4H3;2*4-8H2,1-3H3;4-7H2,1-3H3;6H,4-5H2,1-3H3;4-6H2,1-3H3. The molecule has 9 amide bonds. The first kappa shape index (κ1) is 88.2. The monoisotopic (exact) mass is 1340 g/mol. The third kappa shape index (κ3) is 32.6. The zero-order valence-electron chi connectivity index (χ0n) is 65.5. The smallest absolute Gasteiger partial charge is 0.228 e. The van der Waals surface area contributed by atoms with E-state index in [9.17, 15) is 47.5 Å². The molecule has 8 saturated heterocycles. The van der Waals surface area contributed by atoms with Gasteiger partial charge in [-0.3, -0.25) is 43.2 Å². The molecular weight excluding hydrogens is 1200 g/mol. The van der Waals surface area contributed by atoms with E-state index >= 15 is 0 Å². The van der Waals surface area contributed by atoms with Gasteiger partial charge in [0.15, 0.2) is 0 Å². The summed E-state index contributed by atoms with van der Waals surface area (Å²) in [5, 5.41) is 0. The van der Waals surface area contributed by atoms with Crippen molar-refractivity contribution in [3.63, 3.8) is 0 Å². The van der Waals surface area contributed by atoms with E-state index in [0.717, 1.165) is 84.5 Å². The number of halogens is 1. The summed E-state index contributed by atoms with van der Waals surface area (Å²) in [6.07, 6.45) is 14.3. The SMILES string of the molecule is CC(C)(C)C(=O)N1CC(F)C1.CC(C)(C)C(=O)N1CCC(C(N)=O)C1.CC(C)(C)C(=O)N1CCC1.CC(C)(C)C(=O)N1CCCC1.CC(C)(C)C(=O)N1CCCCC1.CC(C)(C)C(=O)N1CCCCC1.CC1CCN(C(=O)C(C)(C)C)C1.CC1CCN(C(=O)C(C)(C)C)CC1. The number of amides is 9. The van der Waals surface area contributed by atoms with Gasteiger partial charge in [-0.25, -0.2) is 4.39 Å². The van der Waals surface area contributed by atoms with E-state index in [2.05, 4.69) is 13.8 Å². The molecule has 8 fully saturated rings. The number of hydrogen-bond acceptors (Lipinski definition) is 9. The van der Waals surface area contributed by atoms with Crippen molar-refractivity contribution in [1.29, 1.82) is 0 Å². The van der Waals surface area contributed by atoms with Gasteiger partial charge < -0.3 is 44.9 Å². The highest BCUT2D eigenvalue weighted by atomic mass is 19.1. The van der Waals surface area contributed by atoms with Crippen LogP contribution in [-0.2, 0) is 43.2 Å². The minimum atomic E-state index is -0.790. The Morgan fingerprint density at radius 3 is 0.695 bits per heavy atom. The molecule has 552 valence electrons. The van der Waals surface area contributed by atoms with Gasteiger partial charge in [0, 0.05) is 135 Å². The number of nitrogens with two attached hydrogens (primary N) is 1. The van der Waals surface area contributed by atoms with Crippen molar-refractivity contribution < 1.29 is 47.5 Å². The lowest BCUT2D eigenvalue weighted by Gasteiger charge is -2.38. The Morgan fingerprint density at radius 1 is 0.263 bits per heavy atom. The van der Waals surface area contributed by atoms with E-state index in [1.807, 2.05) is 196 Å². The molecule has 0 aromatic heterocycles. The molecule has 2 unspecified atom stereocenters. The van der Waals surface area contributed by atoms with E-state index in [-0.39, 0.29) is 80.0 Å². The summed E-state index contributed by atoms with van der Waals surface area (Å²) in [7, 11) is 0. The molecule has 8 heterocycles. The first-order valence-electron chi connectivity index (χ1n) is 36.4. The highest BCUT2D eigenvalue weighted by molar-refractivity contribution is 5.86. The number of hydrogen-bond donors (Lipinski definition) is 1. The third-order valence-corrected chi connectivity index (χ3v) is 17.7. The molecule has 0 bridgehead atoms. The van der Waals surface area contributed by atoms with E-state index < -0.39 is 6.17 Å². The molecule has 0 aromatic carbocycles. The van der Waals surface area contributed by atoms with Crippen LogP contribution in [0.15, 0.2) is 0 Å². The zero-order chi connectivity index (χ0) is 73.6. The van der Waals surface area contributed by atoms with Crippen LogP contribution in [0.4, 0.5) is 4.39 Å². The van der Waals surface area contributed by atoms with Crippen molar-refractivity contribution in [2.45, 2.75) is 270 Å². The molecule has 2 N–H and O–H groups in total. The molecule has 0 aromatic rings. The van der Waals surface area contributed by atoms with E-state index in [0.29, 0.717) is 60.9 Å². The fourth-order valence-electron chi connectivity index (χ4n) is 11.5. The van der Waals surface area contributed by atoms with Gasteiger partial charge >= 0.3 is 0 Å². The van der Waals surface area contributed by atoms with Crippen molar-refractivity contribution >= 4 is 53.2 Å². The molecule has 0 aliphatic carbocycles. The van der Waals surface area contributed by atoms with Gasteiger partial charge in [0.05, 0.1) is 19.0 Å². The quantitative estimate of drug-likeness (QED) is 0.265. The predicted octanol–water partition coefficient (Wildman–Crippen LogP) is 12.8. The first-order valence-corrected chi connectivity index (χ1v) is 36.4. The van der Waals surface area contributed by atoms with Crippen LogP contribution < -0.4 is 5.73 Å². The van der Waals surface area contributed by atoms with Crippen LogP contribution in [0.5, 0.6) is 0 Å². The second-order valence-corrected chi connectivity index (χ2v) is 36.4. The Morgan fingerprint density at radius 2 is 0.474 bits per heavy atom. The number of carbonyl (C=O) groups excluding carboxylic acids is 9. The lowest BCUT2D eigenvalue weighted by molar-refractivity contribution is -0.147. The molecule has 95 heavy (non-hydrogen) atoms. The van der Waals surface area contributed by atoms with Gasteiger partial charge in [-0.1, -0.05) is 180 Å². The minimum absolute atomic E-state index is 0.0476. The van der Waals surface area contributed by atoms with Crippen molar-refractivity contribution in [2.24, 2.45) is 66.8 Å². The highest BCUT2D eigenvalue weighted by Crippen LogP contribution is 2.29. The van der Waals surface area contributed by atoms with Crippen molar-refractivity contribution in [3.8, 4) is 0 Å². The number of piperidine rings is 3. The van der Waals surface area contributed by atoms with Crippen molar-refractivity contribution in [3.05, 3.63) is 0 Å². The highest BCUT2D eigenvalue weighted by Gasteiger charge is 2.38. The van der Waals surface area contributed by atoms with Crippen LogP contribution >= 0.6 is 0 Å². The largest absolute Gasteiger partial charge is 0.369 e. The number of nitrogens with zero attached hydrogens (tertiary/aromatic N) is 8. The normalized spacial score (nSPS) is 20.6. The maximum atomic E-state index is 12.3. The van der Waals surface area contributed by atoms with E-state index in [1.165, 1.54) is 77.0 Å². The van der Waals surface area contributed by atoms with Crippen molar-refractivity contribution in [2.75, 3.05) is 105 Å². The lowest BCUT2D eigenvalue weighted by atomic mass is 9.92. The van der Waals surface area contributed by atoms with Gasteiger partial charge in [0.25, 0.3) is 0 Å². The van der Waals surface area contributed by atoms with Gasteiger partial charge in [0.2, 0.25) is 53.2 Å². The Labute approximate surface area is 578 Å². The fraction of sp³-hybridized carbons (Fsp3) is 0.882. The molecule has 0 radical (unpaired) electrons. The van der Waals surface area contributed by atoms with Crippen LogP contribution in [0.1, 0.15) is 263 Å². The molecule has 8 rings (SSSR count). The topological polar surface area (TPSA) is 206 Å². The molecule has 0 saturated carbocycles. The number of rotatable bonds is 1. The molecular formula is C76H142FN9O9. The Kier molecular flexibility index (Phi) is 35.2. The number of primary amides is 1. The average molecular weight is 1350 g/mol. The van der Waals surface area contributed by atoms with Gasteiger partial charge in [0.1, 0.15) is 6.17 Å². The first-order chi connectivity index (χ1) is 43.1. The summed E-state index contributed by atoms with van der Waals surface area (Å²) >= 11 is 0. The predicted molar refractivity (Wildman–Crippen MR) is 384 cm³/mol. The Balaban J connectivity index is 0.000000544. The second-order valence-electron chi connectivity index (χ2n) is 36.4. The maximum absolute atomic E-state index is 12.3. The Hall–Kier alpha value is -4.84. The summed E-state index contributed by atoms with van der Waals surface area (Å²) in [4.78, 5) is 119. The van der Waals surface area contributed by atoms with Crippen LogP contribution in [-0.4, -0.2) is 203 Å². The average Bonchev–Trinajstić information content (AvgIpc) is 1.99. The summed E-state index contributed by atoms with van der Waals surface area (Å²) in [5.74, 6) is 2.99. The van der Waals surface area contributed by atoms with Crippen LogP contribution in [0.3, 0.4) is 0 Å². The summed E-state index contributed by atoms with van der Waals surface area (Å²) in [5.41, 5.74) is 3.29. The molecule has 8 aliphatic heterocycles. The third-order valence-electron chi connectivity index (χ3n) is 17.7. The van der Waals surface area contributed by atoms with Crippen LogP contribution in [0.2, 0.25) is 0 Å². The molecule has 18 nitrogen and oxygen atoms in total. The maximum Gasteiger partial charge on any atom is 0.228 e. The molecule has 8 aliphatic rings. The zero-order valence-corrected chi connectivity index (χ0v) is 65.5. The molecule has 19 heteroatoms. The van der Waals surface area contributed by atoms with E-state index in [1.54, 1.807) is 9.80 Å². The van der Waals surface area contributed by atoms with E-state index in [4.69, 9.17) is 5.73 Å². The second kappa shape index (κ2) is 37.9. The number of likely N-dealkylation sites (tertiary alicyclic amines) is 8. The number of alkyl halides is 1. The fourth-order valence-corrected chi connectivity index (χ4v) is 11.5. The molecule has 0 spiro atoms. The van der Waals surface area contributed by atoms with Crippen LogP contribution in [0, 0.1) is 61.1 Å². The Bertz CT molecular complexity index is 2330. The van der Waals surface area contributed by atoms with Crippen molar-refractivity contribution in [1.82, 2.24) is 39.2 Å². The van der Waals surface area contributed by atoms with Gasteiger partial charge in [-0.2, -0.15) is 0 Å². The van der Waals surface area contributed by atoms with Crippen LogP contribution in [0.25, 0.3) is 0 Å². The number of carbonyl (C=O) groups is 9. The summed E-state index contributed by atoms with van der Waals surface area (Å²) in [6, 6.07) is 0. The molecule has 2 atom stereocenters. The van der Waals surface area contributed by atoms with Gasteiger partial charge in [-0.15, -0.1) is 0 Å². The van der Waals surface area contributed by atoms with Gasteiger partial charge in [-0.05, 0) is 95.3 Å². The summed E-state index contributed by atoms with van der Waals surface area (Å²) in [6.45, 7) is 64.7. The lowest BCUT2D eigenvalue weighted by Crippen LogP contribution is -2.54. The summed E-state index contributed by atoms with van der Waals surface area (Å²) < 4.78 is 12.3.